The Labute approximate surface area is 191 Å². The third kappa shape index (κ3) is 4.20. The Bertz CT molecular complexity index is 1430. The molecular formula is C27H24N2O4. The fourth-order valence-corrected chi connectivity index (χ4v) is 4.15. The number of rotatable bonds is 7. The van der Waals surface area contributed by atoms with Crippen LogP contribution in [-0.2, 0) is 21.0 Å². The van der Waals surface area contributed by atoms with Gasteiger partial charge in [0, 0.05) is 58.4 Å². The summed E-state index contributed by atoms with van der Waals surface area (Å²) < 4.78 is 2.18. The summed E-state index contributed by atoms with van der Waals surface area (Å²) in [6, 6.07) is 19.1. The zero-order valence-corrected chi connectivity index (χ0v) is 18.8. The minimum Gasteiger partial charge on any atom is -0.341 e. The second kappa shape index (κ2) is 9.20. The third-order valence-electron chi connectivity index (χ3n) is 5.73. The van der Waals surface area contributed by atoms with Gasteiger partial charge in [-0.15, -0.1) is 0 Å². The number of aldehydes is 1. The molecule has 0 amide bonds. The van der Waals surface area contributed by atoms with Gasteiger partial charge in [-0.05, 0) is 49.7 Å². The largest absolute Gasteiger partial charge is 0.341 e. The number of ketones is 1. The number of hydrogen-bond acceptors (Lipinski definition) is 5. The quantitative estimate of drug-likeness (QED) is 0.130. The van der Waals surface area contributed by atoms with Crippen LogP contribution < -0.4 is 0 Å². The molecule has 0 saturated carbocycles. The van der Waals surface area contributed by atoms with Crippen LogP contribution in [0.15, 0.2) is 65.8 Å². The van der Waals surface area contributed by atoms with Crippen LogP contribution in [-0.4, -0.2) is 28.3 Å². The maximum atomic E-state index is 13.2. The lowest BCUT2D eigenvalue weighted by molar-refractivity contribution is -0.141. The molecule has 166 valence electrons. The summed E-state index contributed by atoms with van der Waals surface area (Å²) >= 11 is 0. The van der Waals surface area contributed by atoms with Crippen LogP contribution in [0.5, 0.6) is 0 Å². The lowest BCUT2D eigenvalue weighted by Gasteiger charge is -2.06. The normalized spacial score (nSPS) is 11.7. The molecule has 0 unspecified atom stereocenters. The van der Waals surface area contributed by atoms with Crippen molar-refractivity contribution in [1.82, 2.24) is 4.57 Å². The minimum absolute atomic E-state index is 0.0161. The van der Waals surface area contributed by atoms with Crippen molar-refractivity contribution in [3.8, 4) is 0 Å². The van der Waals surface area contributed by atoms with E-state index in [2.05, 4.69) is 16.6 Å². The van der Waals surface area contributed by atoms with Crippen molar-refractivity contribution >= 4 is 45.6 Å². The van der Waals surface area contributed by atoms with E-state index in [9.17, 15) is 14.4 Å². The highest BCUT2D eigenvalue weighted by Gasteiger charge is 2.17. The lowest BCUT2D eigenvalue weighted by Crippen LogP contribution is -2.05. The first-order chi connectivity index (χ1) is 15.9. The molecule has 6 heteroatoms. The Balaban J connectivity index is 1.90. The van der Waals surface area contributed by atoms with Gasteiger partial charge in [0.1, 0.15) is 6.29 Å². The van der Waals surface area contributed by atoms with E-state index >= 15 is 0 Å². The maximum absolute atomic E-state index is 13.2. The zero-order chi connectivity index (χ0) is 23.5. The van der Waals surface area contributed by atoms with E-state index in [0.29, 0.717) is 22.4 Å². The number of benzene rings is 3. The third-order valence-corrected chi connectivity index (χ3v) is 5.73. The van der Waals surface area contributed by atoms with E-state index in [1.54, 1.807) is 0 Å². The fraction of sp³-hybridized carbons (Fsp3) is 0.185. The molecule has 0 aliphatic carbocycles. The summed E-state index contributed by atoms with van der Waals surface area (Å²) in [4.78, 5) is 40.4. The minimum atomic E-state index is -0.554. The fourth-order valence-electron chi connectivity index (χ4n) is 4.15. The first kappa shape index (κ1) is 22.1. The number of carbonyl (C=O) groups excluding carboxylic acids is 3. The van der Waals surface area contributed by atoms with Gasteiger partial charge in [-0.25, -0.2) is 4.79 Å². The van der Waals surface area contributed by atoms with Crippen LogP contribution in [0.2, 0.25) is 0 Å². The predicted octanol–water partition coefficient (Wildman–Crippen LogP) is 5.21. The Morgan fingerprint density at radius 3 is 2.21 bits per heavy atom. The molecule has 0 fully saturated rings. The number of nitrogens with zero attached hydrogens (tertiary/aromatic N) is 2. The van der Waals surface area contributed by atoms with E-state index in [1.165, 1.54) is 6.92 Å². The number of carbonyl (C=O) groups is 3. The smallest absolute Gasteiger partial charge is 0.331 e. The second-order valence-corrected chi connectivity index (χ2v) is 7.84. The van der Waals surface area contributed by atoms with Crippen molar-refractivity contribution in [2.45, 2.75) is 33.7 Å². The number of oxime groups is 1. The summed E-state index contributed by atoms with van der Waals surface area (Å²) in [6.45, 7) is 6.01. The Morgan fingerprint density at radius 1 is 0.970 bits per heavy atom. The SMILES string of the molecule is CCn1c2ccc(C(=O)c3ccccc3C)cc2c2cc(C(CC=O)=NOC(C)=O)ccc21. The Kier molecular flexibility index (Phi) is 6.18. The average molecular weight is 440 g/mol. The van der Waals surface area contributed by atoms with E-state index in [1.807, 2.05) is 67.6 Å². The molecule has 6 nitrogen and oxygen atoms in total. The van der Waals surface area contributed by atoms with E-state index in [0.717, 1.165) is 40.2 Å². The van der Waals surface area contributed by atoms with Crippen molar-refractivity contribution in [2.75, 3.05) is 0 Å². The lowest BCUT2D eigenvalue weighted by atomic mass is 9.97. The molecule has 0 aliphatic heterocycles. The van der Waals surface area contributed by atoms with Gasteiger partial charge in [0.15, 0.2) is 5.78 Å². The molecule has 0 aliphatic rings. The molecule has 0 bridgehead atoms. The summed E-state index contributed by atoms with van der Waals surface area (Å²) in [5, 5.41) is 5.74. The van der Waals surface area contributed by atoms with Crippen LogP contribution in [0.1, 0.15) is 47.3 Å². The van der Waals surface area contributed by atoms with E-state index in [4.69, 9.17) is 4.84 Å². The van der Waals surface area contributed by atoms with Gasteiger partial charge in [-0.2, -0.15) is 0 Å². The van der Waals surface area contributed by atoms with Crippen LogP contribution in [0.25, 0.3) is 21.8 Å². The Hall–Kier alpha value is -4.06. The highest BCUT2D eigenvalue weighted by molar-refractivity contribution is 6.17. The van der Waals surface area contributed by atoms with Crippen molar-refractivity contribution in [1.29, 1.82) is 0 Å². The highest BCUT2D eigenvalue weighted by Crippen LogP contribution is 2.32. The van der Waals surface area contributed by atoms with Gasteiger partial charge in [-0.1, -0.05) is 35.5 Å². The monoisotopic (exact) mass is 440 g/mol. The van der Waals surface area contributed by atoms with Crippen molar-refractivity contribution < 1.29 is 19.2 Å². The second-order valence-electron chi connectivity index (χ2n) is 7.84. The molecule has 0 spiro atoms. The number of fused-ring (bicyclic) bond motifs is 3. The molecular weight excluding hydrogens is 416 g/mol. The van der Waals surface area contributed by atoms with E-state index < -0.39 is 5.97 Å². The predicted molar refractivity (Wildman–Crippen MR) is 129 cm³/mol. The van der Waals surface area contributed by atoms with Gasteiger partial charge >= 0.3 is 5.97 Å². The van der Waals surface area contributed by atoms with Gasteiger partial charge < -0.3 is 14.2 Å². The van der Waals surface area contributed by atoms with Crippen molar-refractivity contribution in [2.24, 2.45) is 5.16 Å². The topological polar surface area (TPSA) is 77.7 Å². The molecule has 0 radical (unpaired) electrons. The maximum Gasteiger partial charge on any atom is 0.331 e. The highest BCUT2D eigenvalue weighted by atomic mass is 16.7. The number of hydrogen-bond donors (Lipinski definition) is 0. The molecule has 4 aromatic rings. The van der Waals surface area contributed by atoms with Gasteiger partial charge in [-0.3, -0.25) is 4.79 Å². The summed E-state index contributed by atoms with van der Waals surface area (Å²) in [6.07, 6.45) is 0.739. The molecule has 4 rings (SSSR count). The van der Waals surface area contributed by atoms with Crippen LogP contribution in [0.3, 0.4) is 0 Å². The van der Waals surface area contributed by atoms with Gasteiger partial charge in [0.25, 0.3) is 0 Å². The standard InChI is InChI=1S/C27H24N2O4/c1-4-29-25-11-9-19(24(13-14-30)28-33-18(3)31)15-22(25)23-16-20(10-12-26(23)29)27(32)21-8-6-5-7-17(21)2/h5-12,14-16H,4,13H2,1-3H3. The number of aryl methyl sites for hydroxylation is 2. The van der Waals surface area contributed by atoms with E-state index in [-0.39, 0.29) is 12.2 Å². The van der Waals surface area contributed by atoms with Gasteiger partial charge in [0.2, 0.25) is 0 Å². The van der Waals surface area contributed by atoms with Crippen molar-refractivity contribution in [3.63, 3.8) is 0 Å². The Morgan fingerprint density at radius 2 is 1.61 bits per heavy atom. The first-order valence-corrected chi connectivity index (χ1v) is 10.8. The number of aromatic nitrogens is 1. The molecule has 1 aromatic heterocycles. The average Bonchev–Trinajstić information content (AvgIpc) is 3.13. The van der Waals surface area contributed by atoms with Crippen LogP contribution in [0, 0.1) is 6.92 Å². The molecule has 0 atom stereocenters. The zero-order valence-electron chi connectivity index (χ0n) is 18.8. The van der Waals surface area contributed by atoms with Crippen LogP contribution >= 0.6 is 0 Å². The molecule has 0 N–H and O–H groups in total. The first-order valence-electron chi connectivity index (χ1n) is 10.8. The van der Waals surface area contributed by atoms with Gasteiger partial charge in [0.05, 0.1) is 5.71 Å². The molecule has 0 saturated heterocycles. The summed E-state index contributed by atoms with van der Waals surface area (Å²) in [7, 11) is 0. The molecule has 33 heavy (non-hydrogen) atoms. The van der Waals surface area contributed by atoms with Crippen molar-refractivity contribution in [3.05, 3.63) is 82.9 Å². The molecule has 3 aromatic carbocycles. The summed E-state index contributed by atoms with van der Waals surface area (Å²) in [5.74, 6) is -0.581. The summed E-state index contributed by atoms with van der Waals surface area (Å²) in [5.41, 5.74) is 5.29. The molecule has 1 heterocycles. The van der Waals surface area contributed by atoms with Crippen LogP contribution in [0.4, 0.5) is 0 Å².